The van der Waals surface area contributed by atoms with Gasteiger partial charge in [0.05, 0.1) is 16.7 Å². The van der Waals surface area contributed by atoms with Gasteiger partial charge in [0.2, 0.25) is 0 Å². The number of rotatable bonds is 4. The summed E-state index contributed by atoms with van der Waals surface area (Å²) in [5.41, 5.74) is 2.50. The van der Waals surface area contributed by atoms with E-state index in [1.54, 1.807) is 18.2 Å². The molecule has 0 aliphatic carbocycles. The van der Waals surface area contributed by atoms with Gasteiger partial charge >= 0.3 is 0 Å². The topological polar surface area (TPSA) is 56.0 Å². The van der Waals surface area contributed by atoms with E-state index >= 15 is 0 Å². The SMILES string of the molecule is CC(NCc1cccc(Cl)c1O)c1ccc(C#N)cc1. The summed E-state index contributed by atoms with van der Waals surface area (Å²) in [4.78, 5) is 0. The average Bonchev–Trinajstić information content (AvgIpc) is 2.48. The first-order chi connectivity index (χ1) is 9.61. The van der Waals surface area contributed by atoms with E-state index in [0.717, 1.165) is 11.1 Å². The molecule has 0 radical (unpaired) electrons. The predicted octanol–water partition coefficient (Wildman–Crippen LogP) is 3.77. The third-order valence-electron chi connectivity index (χ3n) is 3.21. The van der Waals surface area contributed by atoms with Crippen LogP contribution in [0.5, 0.6) is 5.75 Å². The summed E-state index contributed by atoms with van der Waals surface area (Å²) in [6.45, 7) is 2.55. The summed E-state index contributed by atoms with van der Waals surface area (Å²) in [7, 11) is 0. The normalized spacial score (nSPS) is 11.8. The fourth-order valence-corrected chi connectivity index (χ4v) is 2.12. The van der Waals surface area contributed by atoms with Gasteiger partial charge < -0.3 is 10.4 Å². The van der Waals surface area contributed by atoms with Crippen molar-refractivity contribution in [2.45, 2.75) is 19.5 Å². The number of benzene rings is 2. The van der Waals surface area contributed by atoms with Gasteiger partial charge in [-0.3, -0.25) is 0 Å². The number of halogens is 1. The fraction of sp³-hybridized carbons (Fsp3) is 0.188. The maximum atomic E-state index is 9.84. The smallest absolute Gasteiger partial charge is 0.138 e. The van der Waals surface area contributed by atoms with Gasteiger partial charge in [0, 0.05) is 18.2 Å². The molecule has 0 aliphatic rings. The number of hydrogen-bond donors (Lipinski definition) is 2. The van der Waals surface area contributed by atoms with Gasteiger partial charge in [0.15, 0.2) is 0 Å². The Kier molecular flexibility index (Phi) is 4.62. The monoisotopic (exact) mass is 286 g/mol. The summed E-state index contributed by atoms with van der Waals surface area (Å²) in [5.74, 6) is 0.119. The molecule has 0 spiro atoms. The Bertz CT molecular complexity index is 632. The van der Waals surface area contributed by atoms with Crippen LogP contribution in [0.15, 0.2) is 42.5 Å². The first-order valence-corrected chi connectivity index (χ1v) is 6.69. The highest BCUT2D eigenvalue weighted by Gasteiger charge is 2.08. The lowest BCUT2D eigenvalue weighted by Gasteiger charge is -2.15. The molecule has 0 heterocycles. The quantitative estimate of drug-likeness (QED) is 0.899. The van der Waals surface area contributed by atoms with Crippen molar-refractivity contribution < 1.29 is 5.11 Å². The van der Waals surface area contributed by atoms with E-state index in [-0.39, 0.29) is 11.8 Å². The van der Waals surface area contributed by atoms with Crippen molar-refractivity contribution >= 4 is 11.6 Å². The molecule has 0 saturated carbocycles. The van der Waals surface area contributed by atoms with Crippen LogP contribution in [0.2, 0.25) is 5.02 Å². The Labute approximate surface area is 123 Å². The molecule has 1 unspecified atom stereocenters. The Morgan fingerprint density at radius 3 is 2.60 bits per heavy atom. The van der Waals surface area contributed by atoms with E-state index in [1.807, 2.05) is 31.2 Å². The summed E-state index contributed by atoms with van der Waals surface area (Å²) in [6, 6.07) is 15.0. The molecule has 4 heteroatoms. The molecule has 0 amide bonds. The number of nitrogens with zero attached hydrogens (tertiary/aromatic N) is 1. The maximum Gasteiger partial charge on any atom is 0.138 e. The second-order valence-corrected chi connectivity index (χ2v) is 4.99. The summed E-state index contributed by atoms with van der Waals surface area (Å²) in [5, 5.41) is 22.3. The van der Waals surface area contributed by atoms with E-state index in [2.05, 4.69) is 11.4 Å². The second-order valence-electron chi connectivity index (χ2n) is 4.58. The molecule has 2 N–H and O–H groups in total. The van der Waals surface area contributed by atoms with Crippen molar-refractivity contribution in [2.24, 2.45) is 0 Å². The summed E-state index contributed by atoms with van der Waals surface area (Å²) < 4.78 is 0. The molecular weight excluding hydrogens is 272 g/mol. The molecule has 0 aliphatic heterocycles. The lowest BCUT2D eigenvalue weighted by molar-refractivity contribution is 0.460. The predicted molar refractivity (Wildman–Crippen MR) is 79.5 cm³/mol. The van der Waals surface area contributed by atoms with Gasteiger partial charge in [-0.25, -0.2) is 0 Å². The minimum Gasteiger partial charge on any atom is -0.506 e. The van der Waals surface area contributed by atoms with Crippen LogP contribution >= 0.6 is 11.6 Å². The maximum absolute atomic E-state index is 9.84. The Morgan fingerprint density at radius 2 is 1.95 bits per heavy atom. The molecule has 1 atom stereocenters. The van der Waals surface area contributed by atoms with Crippen molar-refractivity contribution in [2.75, 3.05) is 0 Å². The van der Waals surface area contributed by atoms with E-state index in [9.17, 15) is 5.11 Å². The van der Waals surface area contributed by atoms with Gasteiger partial charge in [-0.1, -0.05) is 35.9 Å². The Hall–Kier alpha value is -2.02. The fourth-order valence-electron chi connectivity index (χ4n) is 1.93. The zero-order chi connectivity index (χ0) is 14.5. The molecule has 0 bridgehead atoms. The first kappa shape index (κ1) is 14.4. The molecule has 102 valence electrons. The van der Waals surface area contributed by atoms with Crippen LogP contribution in [-0.4, -0.2) is 5.11 Å². The molecule has 0 saturated heterocycles. The van der Waals surface area contributed by atoms with E-state index in [4.69, 9.17) is 16.9 Å². The molecule has 0 aromatic heterocycles. The highest BCUT2D eigenvalue weighted by atomic mass is 35.5. The summed E-state index contributed by atoms with van der Waals surface area (Å²) in [6.07, 6.45) is 0. The summed E-state index contributed by atoms with van der Waals surface area (Å²) >= 11 is 5.87. The average molecular weight is 287 g/mol. The number of nitrogens with one attached hydrogen (secondary N) is 1. The lowest BCUT2D eigenvalue weighted by Crippen LogP contribution is -2.18. The minimum atomic E-state index is 0.112. The van der Waals surface area contributed by atoms with Crippen LogP contribution in [0.1, 0.15) is 29.7 Å². The Balaban J connectivity index is 2.03. The van der Waals surface area contributed by atoms with Crippen LogP contribution in [-0.2, 0) is 6.54 Å². The van der Waals surface area contributed by atoms with Crippen molar-refractivity contribution in [1.29, 1.82) is 5.26 Å². The number of phenols is 1. The van der Waals surface area contributed by atoms with Gasteiger partial charge in [0.25, 0.3) is 0 Å². The van der Waals surface area contributed by atoms with Crippen molar-refractivity contribution in [1.82, 2.24) is 5.32 Å². The third kappa shape index (κ3) is 3.30. The lowest BCUT2D eigenvalue weighted by atomic mass is 10.1. The molecule has 2 aromatic rings. The third-order valence-corrected chi connectivity index (χ3v) is 3.51. The van der Waals surface area contributed by atoms with Crippen molar-refractivity contribution in [3.05, 3.63) is 64.2 Å². The minimum absolute atomic E-state index is 0.112. The van der Waals surface area contributed by atoms with Crippen LogP contribution in [0.3, 0.4) is 0 Å². The number of para-hydroxylation sites is 1. The number of phenolic OH excluding ortho intramolecular Hbond substituents is 1. The number of nitriles is 1. The first-order valence-electron chi connectivity index (χ1n) is 6.31. The molecule has 2 rings (SSSR count). The van der Waals surface area contributed by atoms with Crippen LogP contribution in [0.25, 0.3) is 0 Å². The van der Waals surface area contributed by atoms with E-state index < -0.39 is 0 Å². The zero-order valence-corrected chi connectivity index (χ0v) is 11.9. The molecule has 20 heavy (non-hydrogen) atoms. The van der Waals surface area contributed by atoms with Gasteiger partial charge in [-0.2, -0.15) is 5.26 Å². The highest BCUT2D eigenvalue weighted by molar-refractivity contribution is 6.32. The van der Waals surface area contributed by atoms with E-state index in [1.165, 1.54) is 0 Å². The molecule has 0 fully saturated rings. The largest absolute Gasteiger partial charge is 0.506 e. The number of hydrogen-bond acceptors (Lipinski definition) is 3. The Morgan fingerprint density at radius 1 is 1.25 bits per heavy atom. The highest BCUT2D eigenvalue weighted by Crippen LogP contribution is 2.27. The van der Waals surface area contributed by atoms with Crippen molar-refractivity contribution in [3.8, 4) is 11.8 Å². The van der Waals surface area contributed by atoms with Gasteiger partial charge in [-0.05, 0) is 30.7 Å². The second kappa shape index (κ2) is 6.42. The zero-order valence-electron chi connectivity index (χ0n) is 11.1. The van der Waals surface area contributed by atoms with Crippen LogP contribution in [0.4, 0.5) is 0 Å². The molecule has 2 aromatic carbocycles. The van der Waals surface area contributed by atoms with Crippen LogP contribution in [0, 0.1) is 11.3 Å². The van der Waals surface area contributed by atoms with Crippen LogP contribution < -0.4 is 5.32 Å². The molecule has 3 nitrogen and oxygen atoms in total. The molecular formula is C16H15ClN2O. The van der Waals surface area contributed by atoms with Gasteiger partial charge in [-0.15, -0.1) is 0 Å². The van der Waals surface area contributed by atoms with Crippen molar-refractivity contribution in [3.63, 3.8) is 0 Å². The van der Waals surface area contributed by atoms with E-state index in [0.29, 0.717) is 17.1 Å². The van der Waals surface area contributed by atoms with Gasteiger partial charge in [0.1, 0.15) is 5.75 Å². The number of aromatic hydroxyl groups is 1. The standard InChI is InChI=1S/C16H15ClN2O/c1-11(13-7-5-12(9-18)6-8-13)19-10-14-3-2-4-15(17)16(14)20/h2-8,11,19-20H,10H2,1H3.